The molecular weight excluding hydrogens is 456 g/mol. The first-order valence-corrected chi connectivity index (χ1v) is 10.7. The van der Waals surface area contributed by atoms with Gasteiger partial charge >= 0.3 is 0 Å². The van der Waals surface area contributed by atoms with Crippen molar-refractivity contribution in [2.75, 3.05) is 14.2 Å². The van der Waals surface area contributed by atoms with Gasteiger partial charge in [0.1, 0.15) is 11.5 Å². The van der Waals surface area contributed by atoms with Crippen molar-refractivity contribution in [1.82, 2.24) is 5.43 Å². The highest BCUT2D eigenvalue weighted by Crippen LogP contribution is 2.59. The predicted molar refractivity (Wildman–Crippen MR) is 125 cm³/mol. The van der Waals surface area contributed by atoms with Gasteiger partial charge in [0.2, 0.25) is 5.91 Å². The number of rotatable bonds is 7. The number of carbonyl (C=O) groups excluding carboxylic acids is 1. The molecule has 3 aromatic rings. The Bertz CT molecular complexity index is 1060. The first kappa shape index (κ1) is 21.1. The fourth-order valence-electron chi connectivity index (χ4n) is 3.98. The molecule has 5 nitrogen and oxygen atoms in total. The molecule has 1 saturated carbocycles. The highest BCUT2D eigenvalue weighted by molar-refractivity contribution is 9.10. The number of methoxy groups -OCH3 is 2. The van der Waals surface area contributed by atoms with Crippen LogP contribution in [-0.2, 0) is 10.2 Å². The van der Waals surface area contributed by atoms with Crippen LogP contribution in [0.25, 0.3) is 0 Å². The van der Waals surface area contributed by atoms with Crippen LogP contribution in [0.4, 0.5) is 0 Å². The minimum atomic E-state index is -0.444. The summed E-state index contributed by atoms with van der Waals surface area (Å²) in [5.41, 5.74) is 5.26. The molecule has 0 bridgehead atoms. The molecule has 0 radical (unpaired) electrons. The van der Waals surface area contributed by atoms with E-state index in [9.17, 15) is 4.79 Å². The number of benzene rings is 3. The van der Waals surface area contributed by atoms with Crippen LogP contribution < -0.4 is 14.9 Å². The molecule has 1 fully saturated rings. The predicted octanol–water partition coefficient (Wildman–Crippen LogP) is 4.92. The molecule has 1 amide bonds. The Kier molecular flexibility index (Phi) is 6.09. The summed E-state index contributed by atoms with van der Waals surface area (Å²) in [7, 11) is 3.29. The van der Waals surface area contributed by atoms with E-state index in [0.29, 0.717) is 6.42 Å². The minimum absolute atomic E-state index is 0.112. The summed E-state index contributed by atoms with van der Waals surface area (Å²) in [6.45, 7) is 0. The number of hydrogen-bond donors (Lipinski definition) is 1. The van der Waals surface area contributed by atoms with Gasteiger partial charge in [-0.25, -0.2) is 5.43 Å². The lowest BCUT2D eigenvalue weighted by atomic mass is 9.85. The highest BCUT2D eigenvalue weighted by atomic mass is 79.9. The third kappa shape index (κ3) is 4.35. The lowest BCUT2D eigenvalue weighted by molar-refractivity contribution is -0.122. The number of amides is 1. The third-order valence-electron chi connectivity index (χ3n) is 5.71. The summed E-state index contributed by atoms with van der Waals surface area (Å²) in [6.07, 6.45) is 2.33. The van der Waals surface area contributed by atoms with Crippen LogP contribution in [0.3, 0.4) is 0 Å². The van der Waals surface area contributed by atoms with Crippen molar-refractivity contribution < 1.29 is 14.3 Å². The minimum Gasteiger partial charge on any atom is -0.497 e. The zero-order valence-electron chi connectivity index (χ0n) is 17.3. The second-order valence-electron chi connectivity index (χ2n) is 7.48. The van der Waals surface area contributed by atoms with Gasteiger partial charge in [0.05, 0.1) is 26.4 Å². The van der Waals surface area contributed by atoms with Gasteiger partial charge in [-0.15, -0.1) is 0 Å². The molecule has 1 unspecified atom stereocenters. The van der Waals surface area contributed by atoms with E-state index in [4.69, 9.17) is 9.47 Å². The van der Waals surface area contributed by atoms with Crippen molar-refractivity contribution in [3.05, 3.63) is 94.0 Å². The quantitative estimate of drug-likeness (QED) is 0.387. The van der Waals surface area contributed by atoms with Crippen molar-refractivity contribution in [2.45, 2.75) is 11.8 Å². The number of ether oxygens (including phenoxy) is 2. The molecule has 0 heterocycles. The Morgan fingerprint density at radius 2 is 1.58 bits per heavy atom. The Morgan fingerprint density at radius 1 is 1.00 bits per heavy atom. The van der Waals surface area contributed by atoms with E-state index in [-0.39, 0.29) is 11.8 Å². The van der Waals surface area contributed by atoms with Crippen LogP contribution in [0.5, 0.6) is 11.5 Å². The average Bonchev–Trinajstić information content (AvgIpc) is 3.58. The summed E-state index contributed by atoms with van der Waals surface area (Å²) in [4.78, 5) is 13.0. The van der Waals surface area contributed by atoms with Gasteiger partial charge in [0, 0.05) is 9.89 Å². The molecule has 158 valence electrons. The number of hydrazone groups is 1. The Hall–Kier alpha value is -3.12. The van der Waals surface area contributed by atoms with Gasteiger partial charge in [0.25, 0.3) is 0 Å². The number of carbonyl (C=O) groups is 1. The topological polar surface area (TPSA) is 59.9 Å². The largest absolute Gasteiger partial charge is 0.497 e. The van der Waals surface area contributed by atoms with E-state index in [1.807, 2.05) is 72.8 Å². The molecule has 4 rings (SSSR count). The summed E-state index contributed by atoms with van der Waals surface area (Å²) in [5, 5.41) is 4.16. The van der Waals surface area contributed by atoms with E-state index in [1.54, 1.807) is 20.4 Å². The van der Waals surface area contributed by atoms with Crippen LogP contribution in [0.2, 0.25) is 0 Å². The first-order valence-electron chi connectivity index (χ1n) is 9.94. The number of halogens is 1. The van der Waals surface area contributed by atoms with Gasteiger partial charge in [0.15, 0.2) is 0 Å². The van der Waals surface area contributed by atoms with Crippen molar-refractivity contribution >= 4 is 28.1 Å². The first-order chi connectivity index (χ1) is 15.1. The van der Waals surface area contributed by atoms with Crippen molar-refractivity contribution in [1.29, 1.82) is 0 Å². The summed E-state index contributed by atoms with van der Waals surface area (Å²) in [5.74, 6) is 1.17. The maximum atomic E-state index is 13.0. The molecular formula is C25H23BrN2O3. The fraction of sp³-hybridized carbons (Fsp3) is 0.200. The molecule has 31 heavy (non-hydrogen) atoms. The fourth-order valence-corrected chi connectivity index (χ4v) is 4.25. The Balaban J connectivity index is 1.60. The van der Waals surface area contributed by atoms with Crippen molar-refractivity contribution in [2.24, 2.45) is 11.0 Å². The maximum absolute atomic E-state index is 13.0. The van der Waals surface area contributed by atoms with Crippen LogP contribution >= 0.6 is 15.9 Å². The van der Waals surface area contributed by atoms with Gasteiger partial charge in [-0.3, -0.25) is 4.79 Å². The zero-order chi connectivity index (χ0) is 21.8. The second kappa shape index (κ2) is 8.94. The van der Waals surface area contributed by atoms with E-state index in [2.05, 4.69) is 26.5 Å². The summed E-state index contributed by atoms with van der Waals surface area (Å²) < 4.78 is 11.8. The standard InChI is InChI=1S/C25H23BrN2O3/c1-30-21-7-3-5-18(13-21)25(19-6-4-8-22(14-19)31-2)15-23(25)24(29)28-27-16-17-9-11-20(26)12-10-17/h3-14,16,23H,15H2,1-2H3,(H,28,29)/b27-16+. The van der Waals surface area contributed by atoms with Gasteiger partial charge in [-0.2, -0.15) is 5.10 Å². The number of nitrogens with zero attached hydrogens (tertiary/aromatic N) is 1. The Labute approximate surface area is 190 Å². The molecule has 1 aliphatic rings. The van der Waals surface area contributed by atoms with Gasteiger partial charge in [-0.1, -0.05) is 52.3 Å². The van der Waals surface area contributed by atoms with Crippen molar-refractivity contribution in [3.8, 4) is 11.5 Å². The average molecular weight is 479 g/mol. The maximum Gasteiger partial charge on any atom is 0.244 e. The van der Waals surface area contributed by atoms with Crippen LogP contribution in [0.1, 0.15) is 23.1 Å². The monoisotopic (exact) mass is 478 g/mol. The van der Waals surface area contributed by atoms with E-state index in [0.717, 1.165) is 32.7 Å². The molecule has 0 spiro atoms. The summed E-state index contributed by atoms with van der Waals surface area (Å²) >= 11 is 3.41. The molecule has 0 saturated heterocycles. The smallest absolute Gasteiger partial charge is 0.244 e. The molecule has 0 aromatic heterocycles. The lowest BCUT2D eigenvalue weighted by Crippen LogP contribution is -2.25. The van der Waals surface area contributed by atoms with Gasteiger partial charge in [-0.05, 0) is 59.5 Å². The molecule has 1 N–H and O–H groups in total. The van der Waals surface area contributed by atoms with Gasteiger partial charge < -0.3 is 9.47 Å². The van der Waals surface area contributed by atoms with Crippen LogP contribution in [-0.4, -0.2) is 26.3 Å². The third-order valence-corrected chi connectivity index (χ3v) is 6.23. The second-order valence-corrected chi connectivity index (χ2v) is 8.39. The molecule has 1 aliphatic carbocycles. The number of nitrogens with one attached hydrogen (secondary N) is 1. The Morgan fingerprint density at radius 3 is 2.13 bits per heavy atom. The normalized spacial score (nSPS) is 16.7. The lowest BCUT2D eigenvalue weighted by Gasteiger charge is -2.20. The van der Waals surface area contributed by atoms with E-state index in [1.165, 1.54) is 0 Å². The van der Waals surface area contributed by atoms with Crippen molar-refractivity contribution in [3.63, 3.8) is 0 Å². The molecule has 0 aliphatic heterocycles. The van der Waals surface area contributed by atoms with Crippen LogP contribution in [0, 0.1) is 5.92 Å². The van der Waals surface area contributed by atoms with E-state index >= 15 is 0 Å². The zero-order valence-corrected chi connectivity index (χ0v) is 18.9. The molecule has 3 aromatic carbocycles. The SMILES string of the molecule is COc1cccc(C2(c3cccc(OC)c3)CC2C(=O)N/N=C/c2ccc(Br)cc2)c1. The van der Waals surface area contributed by atoms with E-state index < -0.39 is 5.41 Å². The molecule has 6 heteroatoms. The number of hydrogen-bond acceptors (Lipinski definition) is 4. The van der Waals surface area contributed by atoms with Crippen LogP contribution in [0.15, 0.2) is 82.4 Å². The highest BCUT2D eigenvalue weighted by Gasteiger charge is 2.60. The summed E-state index contributed by atoms with van der Waals surface area (Å²) in [6, 6.07) is 23.5. The molecule has 1 atom stereocenters.